The van der Waals surface area contributed by atoms with Crippen molar-refractivity contribution in [1.29, 1.82) is 0 Å². The van der Waals surface area contributed by atoms with Gasteiger partial charge < -0.3 is 4.57 Å². The van der Waals surface area contributed by atoms with Crippen LogP contribution in [0.25, 0.3) is 5.69 Å². The van der Waals surface area contributed by atoms with E-state index in [1.165, 1.54) is 21.2 Å². The Morgan fingerprint density at radius 2 is 1.53 bits per heavy atom. The third-order valence-corrected chi connectivity index (χ3v) is 4.04. The molecule has 19 heavy (non-hydrogen) atoms. The number of hydrogen-bond acceptors (Lipinski definition) is 1. The summed E-state index contributed by atoms with van der Waals surface area (Å²) in [4.78, 5) is 1.27. The van der Waals surface area contributed by atoms with E-state index >= 15 is 0 Å². The van der Waals surface area contributed by atoms with Crippen molar-refractivity contribution in [2.45, 2.75) is 16.8 Å². The van der Waals surface area contributed by atoms with Crippen molar-refractivity contribution in [1.82, 2.24) is 4.57 Å². The average molecular weight is 265 g/mol. The predicted octanol–water partition coefficient (Wildman–Crippen LogP) is 4.94. The van der Waals surface area contributed by atoms with Gasteiger partial charge in [0, 0.05) is 16.8 Å². The van der Waals surface area contributed by atoms with Gasteiger partial charge in [-0.15, -0.1) is 0 Å². The predicted molar refractivity (Wildman–Crippen MR) is 81.1 cm³/mol. The lowest BCUT2D eigenvalue weighted by Crippen LogP contribution is -1.92. The van der Waals surface area contributed by atoms with E-state index in [0.717, 1.165) is 0 Å². The standard InChI is InChI=1S/C17H15NS/c1-14-9-11-16(12-10-14)19-17-8-5-13-18(17)15-6-3-2-4-7-15/h2-13H,1H3. The number of aromatic nitrogens is 1. The van der Waals surface area contributed by atoms with E-state index in [0.29, 0.717) is 0 Å². The number of para-hydroxylation sites is 1. The van der Waals surface area contributed by atoms with Gasteiger partial charge in [0.15, 0.2) is 0 Å². The van der Waals surface area contributed by atoms with Gasteiger partial charge in [-0.25, -0.2) is 0 Å². The Kier molecular flexibility index (Phi) is 3.43. The Hall–Kier alpha value is -1.93. The molecule has 0 spiro atoms. The monoisotopic (exact) mass is 265 g/mol. The maximum atomic E-state index is 2.21. The molecule has 0 radical (unpaired) electrons. The van der Waals surface area contributed by atoms with Crippen molar-refractivity contribution in [2.24, 2.45) is 0 Å². The van der Waals surface area contributed by atoms with Crippen LogP contribution in [-0.4, -0.2) is 4.57 Å². The fourth-order valence-electron chi connectivity index (χ4n) is 1.98. The molecule has 0 N–H and O–H groups in total. The molecule has 2 heteroatoms. The second-order valence-electron chi connectivity index (χ2n) is 4.47. The topological polar surface area (TPSA) is 4.93 Å². The first-order valence-corrected chi connectivity index (χ1v) is 7.12. The summed E-state index contributed by atoms with van der Waals surface area (Å²) >= 11 is 1.79. The van der Waals surface area contributed by atoms with Crippen LogP contribution in [0.15, 0.2) is 82.8 Å². The van der Waals surface area contributed by atoms with Crippen molar-refractivity contribution in [3.05, 3.63) is 78.5 Å². The highest BCUT2D eigenvalue weighted by atomic mass is 32.2. The Balaban J connectivity index is 1.91. The zero-order valence-electron chi connectivity index (χ0n) is 10.8. The van der Waals surface area contributed by atoms with Crippen molar-refractivity contribution in [3.63, 3.8) is 0 Å². The molecule has 3 rings (SSSR count). The van der Waals surface area contributed by atoms with Gasteiger partial charge in [-0.2, -0.15) is 0 Å². The van der Waals surface area contributed by atoms with E-state index in [-0.39, 0.29) is 0 Å². The summed E-state index contributed by atoms with van der Waals surface area (Å²) in [6.45, 7) is 2.11. The van der Waals surface area contributed by atoms with E-state index in [2.05, 4.69) is 78.4 Å². The Morgan fingerprint density at radius 3 is 2.26 bits per heavy atom. The van der Waals surface area contributed by atoms with Gasteiger partial charge in [0.1, 0.15) is 0 Å². The van der Waals surface area contributed by atoms with Crippen molar-refractivity contribution < 1.29 is 0 Å². The molecule has 0 amide bonds. The molecule has 1 nitrogen and oxygen atoms in total. The summed E-state index contributed by atoms with van der Waals surface area (Å²) in [6.07, 6.45) is 2.10. The van der Waals surface area contributed by atoms with E-state index < -0.39 is 0 Å². The summed E-state index contributed by atoms with van der Waals surface area (Å²) < 4.78 is 2.21. The Labute approximate surface area is 117 Å². The molecule has 0 saturated carbocycles. The summed E-state index contributed by atoms with van der Waals surface area (Å²) in [5, 5.41) is 1.23. The van der Waals surface area contributed by atoms with Crippen LogP contribution in [0.2, 0.25) is 0 Å². The molecule has 94 valence electrons. The number of nitrogens with zero attached hydrogens (tertiary/aromatic N) is 1. The van der Waals surface area contributed by atoms with Crippen LogP contribution in [0.4, 0.5) is 0 Å². The summed E-state index contributed by atoms with van der Waals surface area (Å²) in [5.74, 6) is 0. The second kappa shape index (κ2) is 5.37. The van der Waals surface area contributed by atoms with Crippen LogP contribution in [0.1, 0.15) is 5.56 Å². The van der Waals surface area contributed by atoms with Gasteiger partial charge in [0.05, 0.1) is 5.03 Å². The van der Waals surface area contributed by atoms with Crippen LogP contribution in [0.5, 0.6) is 0 Å². The zero-order valence-corrected chi connectivity index (χ0v) is 11.6. The van der Waals surface area contributed by atoms with E-state index in [9.17, 15) is 0 Å². The minimum atomic E-state index is 1.20. The van der Waals surface area contributed by atoms with Gasteiger partial charge in [0.2, 0.25) is 0 Å². The van der Waals surface area contributed by atoms with E-state index in [1.54, 1.807) is 11.8 Å². The highest BCUT2D eigenvalue weighted by molar-refractivity contribution is 7.99. The Bertz CT molecular complexity index is 653. The average Bonchev–Trinajstić information content (AvgIpc) is 2.90. The van der Waals surface area contributed by atoms with Crippen LogP contribution in [-0.2, 0) is 0 Å². The van der Waals surface area contributed by atoms with Crippen LogP contribution >= 0.6 is 11.8 Å². The highest BCUT2D eigenvalue weighted by Gasteiger charge is 2.04. The third kappa shape index (κ3) is 2.74. The molecule has 0 aliphatic rings. The molecule has 2 aromatic carbocycles. The third-order valence-electron chi connectivity index (χ3n) is 2.99. The van der Waals surface area contributed by atoms with Crippen LogP contribution in [0, 0.1) is 6.92 Å². The molecular weight excluding hydrogens is 250 g/mol. The number of hydrogen-bond donors (Lipinski definition) is 0. The number of benzene rings is 2. The molecule has 1 aromatic heterocycles. The smallest absolute Gasteiger partial charge is 0.0842 e. The van der Waals surface area contributed by atoms with Crippen molar-refractivity contribution >= 4 is 11.8 Å². The normalized spacial score (nSPS) is 10.6. The minimum Gasteiger partial charge on any atom is -0.311 e. The maximum Gasteiger partial charge on any atom is 0.0842 e. The Morgan fingerprint density at radius 1 is 0.789 bits per heavy atom. The molecule has 0 fully saturated rings. The first-order chi connectivity index (χ1) is 9.33. The number of rotatable bonds is 3. The second-order valence-corrected chi connectivity index (χ2v) is 5.56. The van der Waals surface area contributed by atoms with Gasteiger partial charge in [-0.3, -0.25) is 0 Å². The molecule has 0 aliphatic heterocycles. The lowest BCUT2D eigenvalue weighted by Gasteiger charge is -2.08. The molecule has 0 bridgehead atoms. The first kappa shape index (κ1) is 12.1. The molecule has 0 aliphatic carbocycles. The van der Waals surface area contributed by atoms with Gasteiger partial charge in [-0.05, 0) is 43.3 Å². The van der Waals surface area contributed by atoms with Crippen molar-refractivity contribution in [3.8, 4) is 5.69 Å². The zero-order chi connectivity index (χ0) is 13.1. The van der Waals surface area contributed by atoms with Gasteiger partial charge in [-0.1, -0.05) is 47.7 Å². The molecule has 3 aromatic rings. The lowest BCUT2D eigenvalue weighted by atomic mass is 10.2. The van der Waals surface area contributed by atoms with Crippen molar-refractivity contribution in [2.75, 3.05) is 0 Å². The molecule has 0 atom stereocenters. The fraction of sp³-hybridized carbons (Fsp3) is 0.0588. The lowest BCUT2D eigenvalue weighted by molar-refractivity contribution is 0.956. The molecular formula is C17H15NS. The summed E-state index contributed by atoms with van der Waals surface area (Å²) in [7, 11) is 0. The molecule has 0 unspecified atom stereocenters. The summed E-state index contributed by atoms with van der Waals surface area (Å²) in [6, 6.07) is 23.3. The fourth-order valence-corrected chi connectivity index (χ4v) is 2.90. The van der Waals surface area contributed by atoms with Crippen LogP contribution < -0.4 is 0 Å². The molecule has 1 heterocycles. The number of aryl methyl sites for hydroxylation is 1. The van der Waals surface area contributed by atoms with Gasteiger partial charge in [0.25, 0.3) is 0 Å². The van der Waals surface area contributed by atoms with Crippen LogP contribution in [0.3, 0.4) is 0 Å². The largest absolute Gasteiger partial charge is 0.311 e. The molecule has 0 saturated heterocycles. The quantitative estimate of drug-likeness (QED) is 0.649. The van der Waals surface area contributed by atoms with E-state index in [1.807, 2.05) is 6.07 Å². The van der Waals surface area contributed by atoms with Gasteiger partial charge >= 0.3 is 0 Å². The highest BCUT2D eigenvalue weighted by Crippen LogP contribution is 2.30. The van der Waals surface area contributed by atoms with E-state index in [4.69, 9.17) is 0 Å². The maximum absolute atomic E-state index is 2.21. The first-order valence-electron chi connectivity index (χ1n) is 6.30. The summed E-state index contributed by atoms with van der Waals surface area (Å²) in [5.41, 5.74) is 2.49. The SMILES string of the molecule is Cc1ccc(Sc2cccn2-c2ccccc2)cc1. The minimum absolute atomic E-state index is 1.20.